The molecule has 1 aliphatic carbocycles. The Labute approximate surface area is 114 Å². The predicted octanol–water partition coefficient (Wildman–Crippen LogP) is 3.35. The van der Waals surface area contributed by atoms with Crippen LogP contribution in [0.15, 0.2) is 18.2 Å². The molecule has 1 unspecified atom stereocenters. The third-order valence-corrected chi connectivity index (χ3v) is 4.41. The molecule has 1 N–H and O–H groups in total. The molecule has 4 rings (SSSR count). The lowest BCUT2D eigenvalue weighted by molar-refractivity contribution is 0.384. The Morgan fingerprint density at radius 1 is 1.33 bits per heavy atom. The summed E-state index contributed by atoms with van der Waals surface area (Å²) in [5.74, 6) is 0. The molecule has 18 heavy (non-hydrogen) atoms. The monoisotopic (exact) mass is 262 g/mol. The van der Waals surface area contributed by atoms with Gasteiger partial charge in [-0.1, -0.05) is 18.2 Å². The topological polar surface area (TPSA) is 17.0 Å². The van der Waals surface area contributed by atoms with Crippen LogP contribution in [0.5, 0.6) is 0 Å². The van der Waals surface area contributed by atoms with E-state index in [-0.39, 0.29) is 12.4 Å². The van der Waals surface area contributed by atoms with E-state index in [1.54, 1.807) is 11.3 Å². The lowest BCUT2D eigenvalue weighted by Gasteiger charge is -2.31. The third-order valence-electron chi connectivity index (χ3n) is 4.41. The van der Waals surface area contributed by atoms with Crippen molar-refractivity contribution in [2.24, 2.45) is 0 Å². The number of para-hydroxylation sites is 1. The van der Waals surface area contributed by atoms with Crippen LogP contribution in [0.1, 0.15) is 35.7 Å². The lowest BCUT2D eigenvalue weighted by atomic mass is 9.91. The van der Waals surface area contributed by atoms with Gasteiger partial charge in [-0.05, 0) is 37.3 Å². The Bertz CT molecular complexity index is 598. The van der Waals surface area contributed by atoms with Crippen molar-refractivity contribution in [2.45, 2.75) is 38.8 Å². The predicted molar refractivity (Wildman–Crippen MR) is 77.6 cm³/mol. The summed E-state index contributed by atoms with van der Waals surface area (Å²) in [4.78, 5) is 0. The standard InChI is InChI=1S/C15H18N2.ClH/c1-10-4-2-5-11-12-6-3-7-13-15(12)17(14(10)11)9-8-16-13;/h2,4-5,13,16H,3,6-9H2,1H3;1H. The maximum atomic E-state index is 3.68. The first kappa shape index (κ1) is 12.1. The molecule has 0 spiro atoms. The zero-order chi connectivity index (χ0) is 11.4. The molecule has 96 valence electrons. The fraction of sp³-hybridized carbons (Fsp3) is 0.467. The van der Waals surface area contributed by atoms with E-state index in [9.17, 15) is 0 Å². The van der Waals surface area contributed by atoms with E-state index in [0.717, 1.165) is 13.1 Å². The number of fused-ring (bicyclic) bond motifs is 3. The smallest absolute Gasteiger partial charge is 0.0516 e. The molecule has 0 saturated carbocycles. The zero-order valence-electron chi connectivity index (χ0n) is 10.7. The molecule has 3 heteroatoms. The normalized spacial score (nSPS) is 21.5. The van der Waals surface area contributed by atoms with E-state index in [0.29, 0.717) is 6.04 Å². The van der Waals surface area contributed by atoms with Gasteiger partial charge in [0.1, 0.15) is 0 Å². The van der Waals surface area contributed by atoms with Gasteiger partial charge in [-0.2, -0.15) is 0 Å². The third kappa shape index (κ3) is 1.45. The molecule has 1 aromatic carbocycles. The van der Waals surface area contributed by atoms with Gasteiger partial charge in [0.05, 0.1) is 5.52 Å². The van der Waals surface area contributed by atoms with Crippen molar-refractivity contribution in [1.82, 2.24) is 9.88 Å². The van der Waals surface area contributed by atoms with E-state index in [1.807, 2.05) is 0 Å². The molecule has 2 heterocycles. The minimum atomic E-state index is 0. The number of aryl methyl sites for hydroxylation is 2. The van der Waals surface area contributed by atoms with Crippen molar-refractivity contribution in [3.8, 4) is 0 Å². The van der Waals surface area contributed by atoms with Gasteiger partial charge >= 0.3 is 0 Å². The summed E-state index contributed by atoms with van der Waals surface area (Å²) >= 11 is 0. The van der Waals surface area contributed by atoms with E-state index in [1.165, 1.54) is 35.7 Å². The maximum Gasteiger partial charge on any atom is 0.0516 e. The molecule has 0 bridgehead atoms. The number of rotatable bonds is 0. The number of aromatic nitrogens is 1. The van der Waals surface area contributed by atoms with Crippen molar-refractivity contribution < 1.29 is 0 Å². The lowest BCUT2D eigenvalue weighted by Crippen LogP contribution is -2.35. The van der Waals surface area contributed by atoms with E-state index >= 15 is 0 Å². The highest BCUT2D eigenvalue weighted by Crippen LogP contribution is 2.39. The fourth-order valence-corrected chi connectivity index (χ4v) is 3.74. The molecule has 1 aliphatic heterocycles. The summed E-state index contributed by atoms with van der Waals surface area (Å²) < 4.78 is 2.58. The van der Waals surface area contributed by atoms with Crippen LogP contribution in [0.2, 0.25) is 0 Å². The van der Waals surface area contributed by atoms with Crippen LogP contribution in [-0.2, 0) is 13.0 Å². The van der Waals surface area contributed by atoms with Crippen LogP contribution in [0.25, 0.3) is 10.9 Å². The Balaban J connectivity index is 0.000001000. The molecule has 0 radical (unpaired) electrons. The van der Waals surface area contributed by atoms with Crippen molar-refractivity contribution >= 4 is 23.3 Å². The van der Waals surface area contributed by atoms with Crippen LogP contribution in [-0.4, -0.2) is 11.1 Å². The summed E-state index contributed by atoms with van der Waals surface area (Å²) in [6, 6.07) is 7.37. The first-order valence-electron chi connectivity index (χ1n) is 6.70. The molecule has 1 aromatic heterocycles. The molecule has 2 aromatic rings. The SMILES string of the molecule is Cc1cccc2c3c4n(c12)CCNC4CCC3.Cl. The molecule has 1 atom stereocenters. The highest BCUT2D eigenvalue weighted by atomic mass is 35.5. The van der Waals surface area contributed by atoms with Crippen LogP contribution in [0.3, 0.4) is 0 Å². The number of benzene rings is 1. The van der Waals surface area contributed by atoms with E-state index in [2.05, 4.69) is 35.0 Å². The Hall–Kier alpha value is -0.990. The van der Waals surface area contributed by atoms with Gasteiger partial charge in [0, 0.05) is 30.2 Å². The zero-order valence-corrected chi connectivity index (χ0v) is 11.5. The second kappa shape index (κ2) is 4.29. The average molecular weight is 263 g/mol. The number of nitrogens with one attached hydrogen (secondary N) is 1. The Kier molecular flexibility index (Phi) is 2.87. The number of hydrogen-bond donors (Lipinski definition) is 1. The van der Waals surface area contributed by atoms with Crippen LogP contribution in [0.4, 0.5) is 0 Å². The van der Waals surface area contributed by atoms with Gasteiger partial charge in [-0.15, -0.1) is 12.4 Å². The number of hydrogen-bond acceptors (Lipinski definition) is 1. The van der Waals surface area contributed by atoms with Gasteiger partial charge in [-0.25, -0.2) is 0 Å². The van der Waals surface area contributed by atoms with Crippen molar-refractivity contribution in [1.29, 1.82) is 0 Å². The molecule has 0 amide bonds. The van der Waals surface area contributed by atoms with Gasteiger partial charge in [-0.3, -0.25) is 0 Å². The highest BCUT2D eigenvalue weighted by Gasteiger charge is 2.29. The Morgan fingerprint density at radius 3 is 3.11 bits per heavy atom. The fourth-order valence-electron chi connectivity index (χ4n) is 3.74. The van der Waals surface area contributed by atoms with E-state index < -0.39 is 0 Å². The van der Waals surface area contributed by atoms with Gasteiger partial charge in [0.2, 0.25) is 0 Å². The maximum absolute atomic E-state index is 3.68. The second-order valence-electron chi connectivity index (χ2n) is 5.39. The molecular formula is C15H19ClN2. The second-order valence-corrected chi connectivity index (χ2v) is 5.39. The first-order valence-corrected chi connectivity index (χ1v) is 6.70. The average Bonchev–Trinajstić information content (AvgIpc) is 2.69. The summed E-state index contributed by atoms with van der Waals surface area (Å²) in [7, 11) is 0. The van der Waals surface area contributed by atoms with E-state index in [4.69, 9.17) is 0 Å². The number of nitrogens with zero attached hydrogens (tertiary/aromatic N) is 1. The summed E-state index contributed by atoms with van der Waals surface area (Å²) in [6.45, 7) is 4.50. The van der Waals surface area contributed by atoms with Crippen LogP contribution < -0.4 is 5.32 Å². The van der Waals surface area contributed by atoms with Crippen LogP contribution in [0, 0.1) is 6.92 Å². The Morgan fingerprint density at radius 2 is 2.22 bits per heavy atom. The van der Waals surface area contributed by atoms with Gasteiger partial charge in [0.25, 0.3) is 0 Å². The minimum Gasteiger partial charge on any atom is -0.341 e. The highest BCUT2D eigenvalue weighted by molar-refractivity contribution is 5.88. The van der Waals surface area contributed by atoms with Crippen molar-refractivity contribution in [3.63, 3.8) is 0 Å². The molecule has 0 saturated heterocycles. The van der Waals surface area contributed by atoms with Gasteiger partial charge < -0.3 is 9.88 Å². The number of halogens is 1. The largest absolute Gasteiger partial charge is 0.341 e. The van der Waals surface area contributed by atoms with Crippen molar-refractivity contribution in [3.05, 3.63) is 35.0 Å². The quantitative estimate of drug-likeness (QED) is 0.771. The molecule has 0 fully saturated rings. The molecule has 2 aliphatic rings. The van der Waals surface area contributed by atoms with Gasteiger partial charge in [0.15, 0.2) is 0 Å². The first-order chi connectivity index (χ1) is 8.36. The summed E-state index contributed by atoms with van der Waals surface area (Å²) in [5.41, 5.74) is 6.13. The molecule has 2 nitrogen and oxygen atoms in total. The molecular weight excluding hydrogens is 244 g/mol. The summed E-state index contributed by atoms with van der Waals surface area (Å²) in [5, 5.41) is 5.18. The summed E-state index contributed by atoms with van der Waals surface area (Å²) in [6.07, 6.45) is 3.90. The minimum absolute atomic E-state index is 0. The van der Waals surface area contributed by atoms with Crippen molar-refractivity contribution in [2.75, 3.05) is 6.54 Å². The van der Waals surface area contributed by atoms with Crippen LogP contribution >= 0.6 is 12.4 Å².